The van der Waals surface area contributed by atoms with Gasteiger partial charge in [0.2, 0.25) is 11.8 Å². The molecular formula is C21H20N4O2. The first-order chi connectivity index (χ1) is 13.1. The maximum absolute atomic E-state index is 12.1. The first-order valence-electron chi connectivity index (χ1n) is 8.53. The van der Waals surface area contributed by atoms with Crippen LogP contribution >= 0.6 is 0 Å². The zero-order valence-corrected chi connectivity index (χ0v) is 14.9. The van der Waals surface area contributed by atoms with Gasteiger partial charge in [0.25, 0.3) is 0 Å². The van der Waals surface area contributed by atoms with E-state index in [1.165, 1.54) is 6.92 Å². The molecule has 0 spiro atoms. The number of anilines is 4. The number of aromatic nitrogens is 1. The predicted molar refractivity (Wildman–Crippen MR) is 107 cm³/mol. The number of rotatable bonds is 6. The quantitative estimate of drug-likeness (QED) is 0.621. The predicted octanol–water partition coefficient (Wildman–Crippen LogP) is 3.96. The Labute approximate surface area is 157 Å². The van der Waals surface area contributed by atoms with Crippen LogP contribution in [-0.2, 0) is 16.0 Å². The molecule has 0 bridgehead atoms. The Morgan fingerprint density at radius 2 is 1.63 bits per heavy atom. The van der Waals surface area contributed by atoms with Crippen molar-refractivity contribution in [3.8, 4) is 0 Å². The third-order valence-corrected chi connectivity index (χ3v) is 3.71. The molecule has 136 valence electrons. The second-order valence-electron chi connectivity index (χ2n) is 6.03. The van der Waals surface area contributed by atoms with Crippen LogP contribution in [0.15, 0.2) is 72.9 Å². The van der Waals surface area contributed by atoms with Crippen LogP contribution in [-0.4, -0.2) is 16.8 Å². The Balaban J connectivity index is 1.58. The molecule has 0 unspecified atom stereocenters. The van der Waals surface area contributed by atoms with E-state index < -0.39 is 0 Å². The molecule has 0 fully saturated rings. The number of amides is 2. The van der Waals surface area contributed by atoms with Crippen LogP contribution in [0.25, 0.3) is 0 Å². The summed E-state index contributed by atoms with van der Waals surface area (Å²) in [7, 11) is 0. The van der Waals surface area contributed by atoms with E-state index in [-0.39, 0.29) is 11.8 Å². The number of carbonyl (C=O) groups is 2. The summed E-state index contributed by atoms with van der Waals surface area (Å²) in [4.78, 5) is 27.5. The number of nitrogens with zero attached hydrogens (tertiary/aromatic N) is 1. The minimum atomic E-state index is -0.121. The maximum Gasteiger partial charge on any atom is 0.229 e. The van der Waals surface area contributed by atoms with Crippen molar-refractivity contribution in [1.82, 2.24) is 4.98 Å². The zero-order valence-electron chi connectivity index (χ0n) is 14.9. The van der Waals surface area contributed by atoms with Gasteiger partial charge in [0, 0.05) is 18.3 Å². The highest BCUT2D eigenvalue weighted by Crippen LogP contribution is 2.20. The summed E-state index contributed by atoms with van der Waals surface area (Å²) in [6.45, 7) is 1.47. The molecule has 0 radical (unpaired) electrons. The molecule has 0 aliphatic heterocycles. The van der Waals surface area contributed by atoms with E-state index in [2.05, 4.69) is 20.9 Å². The fourth-order valence-electron chi connectivity index (χ4n) is 2.55. The molecule has 27 heavy (non-hydrogen) atoms. The van der Waals surface area contributed by atoms with Crippen molar-refractivity contribution >= 4 is 34.7 Å². The molecule has 2 amide bonds. The van der Waals surface area contributed by atoms with Crippen molar-refractivity contribution in [2.45, 2.75) is 13.3 Å². The normalized spacial score (nSPS) is 10.1. The Morgan fingerprint density at radius 3 is 2.33 bits per heavy atom. The first kappa shape index (κ1) is 18.1. The van der Waals surface area contributed by atoms with Crippen molar-refractivity contribution in [2.75, 3.05) is 16.0 Å². The van der Waals surface area contributed by atoms with E-state index in [0.29, 0.717) is 17.9 Å². The molecule has 6 nitrogen and oxygen atoms in total. The average molecular weight is 360 g/mol. The standard InChI is InChI=1S/C21H20N4O2/c1-15(26)23-17-8-5-9-18(13-17)24-19-10-11-20(22-14-19)25-21(27)12-16-6-3-2-4-7-16/h2-11,13-14,24H,12H2,1H3,(H,23,26)(H,22,25,27). The number of carbonyl (C=O) groups excluding carboxylic acids is 2. The SMILES string of the molecule is CC(=O)Nc1cccc(Nc2ccc(NC(=O)Cc3ccccc3)nc2)c1. The van der Waals surface area contributed by atoms with Gasteiger partial charge in [-0.1, -0.05) is 36.4 Å². The van der Waals surface area contributed by atoms with Crippen molar-refractivity contribution in [2.24, 2.45) is 0 Å². The van der Waals surface area contributed by atoms with Gasteiger partial charge in [-0.15, -0.1) is 0 Å². The fourth-order valence-corrected chi connectivity index (χ4v) is 2.55. The first-order valence-corrected chi connectivity index (χ1v) is 8.53. The molecule has 2 aromatic carbocycles. The summed E-state index contributed by atoms with van der Waals surface area (Å²) >= 11 is 0. The number of benzene rings is 2. The highest BCUT2D eigenvalue weighted by atomic mass is 16.2. The van der Waals surface area contributed by atoms with Gasteiger partial charge < -0.3 is 16.0 Å². The summed E-state index contributed by atoms with van der Waals surface area (Å²) in [6, 6.07) is 20.5. The third kappa shape index (κ3) is 5.67. The molecule has 3 N–H and O–H groups in total. The largest absolute Gasteiger partial charge is 0.354 e. The summed E-state index contributed by atoms with van der Waals surface area (Å²) in [5.74, 6) is 0.260. The lowest BCUT2D eigenvalue weighted by Gasteiger charge is -2.10. The average Bonchev–Trinajstić information content (AvgIpc) is 2.64. The molecule has 3 rings (SSSR count). The van der Waals surface area contributed by atoms with Gasteiger partial charge in [-0.25, -0.2) is 4.98 Å². The second kappa shape index (κ2) is 8.62. The molecule has 0 aliphatic rings. The van der Waals surface area contributed by atoms with Gasteiger partial charge >= 0.3 is 0 Å². The minimum Gasteiger partial charge on any atom is -0.354 e. The lowest BCUT2D eigenvalue weighted by atomic mass is 10.1. The summed E-state index contributed by atoms with van der Waals surface area (Å²) in [5, 5.41) is 8.74. The lowest BCUT2D eigenvalue weighted by molar-refractivity contribution is -0.116. The van der Waals surface area contributed by atoms with E-state index in [0.717, 1.165) is 16.9 Å². The van der Waals surface area contributed by atoms with Crippen LogP contribution in [0.1, 0.15) is 12.5 Å². The van der Waals surface area contributed by atoms with Gasteiger partial charge in [-0.2, -0.15) is 0 Å². The summed E-state index contributed by atoms with van der Waals surface area (Å²) in [5.41, 5.74) is 3.26. The van der Waals surface area contributed by atoms with E-state index in [9.17, 15) is 9.59 Å². The molecular weight excluding hydrogens is 340 g/mol. The molecule has 0 saturated heterocycles. The Morgan fingerprint density at radius 1 is 0.852 bits per heavy atom. The van der Waals surface area contributed by atoms with Crippen LogP contribution in [0.3, 0.4) is 0 Å². The van der Waals surface area contributed by atoms with Gasteiger partial charge in [-0.3, -0.25) is 9.59 Å². The number of hydrogen-bond acceptors (Lipinski definition) is 4. The van der Waals surface area contributed by atoms with Gasteiger partial charge in [0.1, 0.15) is 5.82 Å². The monoisotopic (exact) mass is 360 g/mol. The molecule has 0 aliphatic carbocycles. The Bertz CT molecular complexity index is 924. The number of hydrogen-bond donors (Lipinski definition) is 3. The lowest BCUT2D eigenvalue weighted by Crippen LogP contribution is -2.15. The van der Waals surface area contributed by atoms with Crippen molar-refractivity contribution < 1.29 is 9.59 Å². The second-order valence-corrected chi connectivity index (χ2v) is 6.03. The van der Waals surface area contributed by atoms with Crippen LogP contribution in [0.5, 0.6) is 0 Å². The van der Waals surface area contributed by atoms with Crippen LogP contribution in [0, 0.1) is 0 Å². The van der Waals surface area contributed by atoms with Crippen molar-refractivity contribution in [3.05, 3.63) is 78.5 Å². The highest BCUT2D eigenvalue weighted by molar-refractivity contribution is 5.91. The molecule has 6 heteroatoms. The molecule has 1 heterocycles. The molecule has 1 aromatic heterocycles. The van der Waals surface area contributed by atoms with Crippen LogP contribution in [0.2, 0.25) is 0 Å². The maximum atomic E-state index is 12.1. The number of pyridine rings is 1. The Kier molecular flexibility index (Phi) is 5.79. The highest BCUT2D eigenvalue weighted by Gasteiger charge is 2.05. The van der Waals surface area contributed by atoms with E-state index in [1.54, 1.807) is 12.3 Å². The van der Waals surface area contributed by atoms with E-state index in [1.807, 2.05) is 60.7 Å². The summed E-state index contributed by atoms with van der Waals surface area (Å²) in [6.07, 6.45) is 1.95. The summed E-state index contributed by atoms with van der Waals surface area (Å²) < 4.78 is 0. The minimum absolute atomic E-state index is 0.114. The molecule has 3 aromatic rings. The van der Waals surface area contributed by atoms with E-state index in [4.69, 9.17) is 0 Å². The molecule has 0 atom stereocenters. The van der Waals surface area contributed by atoms with E-state index >= 15 is 0 Å². The van der Waals surface area contributed by atoms with Gasteiger partial charge in [0.05, 0.1) is 18.3 Å². The Hall–Kier alpha value is -3.67. The van der Waals surface area contributed by atoms with Crippen LogP contribution in [0.4, 0.5) is 22.9 Å². The van der Waals surface area contributed by atoms with Crippen molar-refractivity contribution in [3.63, 3.8) is 0 Å². The fraction of sp³-hybridized carbons (Fsp3) is 0.0952. The van der Waals surface area contributed by atoms with Gasteiger partial charge in [0.15, 0.2) is 0 Å². The topological polar surface area (TPSA) is 83.1 Å². The smallest absolute Gasteiger partial charge is 0.229 e. The van der Waals surface area contributed by atoms with Crippen molar-refractivity contribution in [1.29, 1.82) is 0 Å². The van der Waals surface area contributed by atoms with Gasteiger partial charge in [-0.05, 0) is 35.9 Å². The van der Waals surface area contributed by atoms with Crippen LogP contribution < -0.4 is 16.0 Å². The molecule has 0 saturated carbocycles. The third-order valence-electron chi connectivity index (χ3n) is 3.71. The zero-order chi connectivity index (χ0) is 19.1. The number of nitrogens with one attached hydrogen (secondary N) is 3.